The molecule has 1 aromatic heterocycles. The summed E-state index contributed by atoms with van der Waals surface area (Å²) in [5.74, 6) is -1.85. The van der Waals surface area contributed by atoms with Gasteiger partial charge in [0.2, 0.25) is 0 Å². The van der Waals surface area contributed by atoms with Gasteiger partial charge in [0.25, 0.3) is 0 Å². The summed E-state index contributed by atoms with van der Waals surface area (Å²) in [6.45, 7) is 0. The Bertz CT molecular complexity index is 1160. The average molecular weight is 358 g/mol. The molecule has 0 saturated heterocycles. The van der Waals surface area contributed by atoms with Crippen LogP contribution in [0.1, 0.15) is 26.3 Å². The van der Waals surface area contributed by atoms with Crippen LogP contribution in [-0.2, 0) is 0 Å². The van der Waals surface area contributed by atoms with Gasteiger partial charge in [-0.1, -0.05) is 60.7 Å². The minimum atomic E-state index is -1.33. The molecule has 27 heavy (non-hydrogen) atoms. The lowest BCUT2D eigenvalue weighted by atomic mass is 9.95. The van der Waals surface area contributed by atoms with Gasteiger partial charge in [0.1, 0.15) is 22.7 Å². The maximum Gasteiger partial charge on any atom is 0.340 e. The highest BCUT2D eigenvalue weighted by molar-refractivity contribution is 6.23. The summed E-state index contributed by atoms with van der Waals surface area (Å²) in [6.07, 6.45) is 0. The summed E-state index contributed by atoms with van der Waals surface area (Å²) >= 11 is 0. The molecule has 4 rings (SSSR count). The summed E-state index contributed by atoms with van der Waals surface area (Å²) in [5, 5.41) is 19.8. The lowest BCUT2D eigenvalue weighted by Crippen LogP contribution is -2.05. The zero-order valence-electron chi connectivity index (χ0n) is 14.0. The Morgan fingerprint density at radius 2 is 1.41 bits per heavy atom. The highest BCUT2D eigenvalue weighted by Crippen LogP contribution is 2.39. The van der Waals surface area contributed by atoms with Gasteiger partial charge >= 0.3 is 5.97 Å². The summed E-state index contributed by atoms with van der Waals surface area (Å²) in [5.41, 5.74) is 1.04. The highest BCUT2D eigenvalue weighted by atomic mass is 16.4. The summed E-state index contributed by atoms with van der Waals surface area (Å²) < 4.78 is 5.88. The lowest BCUT2D eigenvalue weighted by molar-refractivity contribution is 0.0696. The molecule has 0 bridgehead atoms. The van der Waals surface area contributed by atoms with E-state index in [4.69, 9.17) is 4.42 Å². The van der Waals surface area contributed by atoms with Gasteiger partial charge in [-0.3, -0.25) is 4.79 Å². The molecule has 0 saturated carbocycles. The monoisotopic (exact) mass is 358 g/mol. The fourth-order valence-corrected chi connectivity index (χ4v) is 3.14. The van der Waals surface area contributed by atoms with Crippen molar-refractivity contribution in [1.29, 1.82) is 0 Å². The van der Waals surface area contributed by atoms with Crippen LogP contribution < -0.4 is 0 Å². The molecule has 0 aliphatic rings. The fraction of sp³-hybridized carbons (Fsp3) is 0. The molecular weight excluding hydrogens is 344 g/mol. The first-order valence-electron chi connectivity index (χ1n) is 8.25. The molecule has 1 heterocycles. The number of aromatic hydroxyl groups is 1. The smallest absolute Gasteiger partial charge is 0.340 e. The van der Waals surface area contributed by atoms with E-state index in [1.807, 2.05) is 6.07 Å². The van der Waals surface area contributed by atoms with Crippen LogP contribution >= 0.6 is 0 Å². The maximum absolute atomic E-state index is 13.3. The number of hydrogen-bond donors (Lipinski definition) is 2. The van der Waals surface area contributed by atoms with Gasteiger partial charge in [-0.2, -0.15) is 0 Å². The second kappa shape index (κ2) is 6.46. The van der Waals surface area contributed by atoms with Crippen molar-refractivity contribution in [2.24, 2.45) is 0 Å². The van der Waals surface area contributed by atoms with Gasteiger partial charge in [-0.15, -0.1) is 0 Å². The number of aromatic carboxylic acids is 1. The first-order valence-corrected chi connectivity index (χ1v) is 8.25. The number of carbonyl (C=O) groups excluding carboxylic acids is 1. The van der Waals surface area contributed by atoms with Gasteiger partial charge in [0.15, 0.2) is 5.78 Å². The van der Waals surface area contributed by atoms with Crippen LogP contribution in [0.25, 0.3) is 22.3 Å². The lowest BCUT2D eigenvalue weighted by Gasteiger charge is -2.05. The number of carbonyl (C=O) groups is 2. The third-order valence-electron chi connectivity index (χ3n) is 4.35. The molecule has 0 fully saturated rings. The van der Waals surface area contributed by atoms with Gasteiger partial charge < -0.3 is 14.6 Å². The van der Waals surface area contributed by atoms with Crippen LogP contribution in [-0.4, -0.2) is 22.0 Å². The number of carboxylic acid groups (broad SMARTS) is 1. The fourth-order valence-electron chi connectivity index (χ4n) is 3.14. The molecule has 0 unspecified atom stereocenters. The van der Waals surface area contributed by atoms with E-state index in [1.54, 1.807) is 54.6 Å². The third kappa shape index (κ3) is 2.75. The number of rotatable bonds is 4. The summed E-state index contributed by atoms with van der Waals surface area (Å²) in [7, 11) is 0. The predicted molar refractivity (Wildman–Crippen MR) is 100 cm³/mol. The van der Waals surface area contributed by atoms with Crippen LogP contribution in [0, 0.1) is 0 Å². The molecule has 0 spiro atoms. The summed E-state index contributed by atoms with van der Waals surface area (Å²) in [6, 6.07) is 20.3. The molecule has 2 N–H and O–H groups in total. The minimum Gasteiger partial charge on any atom is -0.507 e. The van der Waals surface area contributed by atoms with E-state index in [0.717, 1.165) is 0 Å². The molecule has 0 aliphatic heterocycles. The molecule has 5 heteroatoms. The van der Waals surface area contributed by atoms with Crippen molar-refractivity contribution in [2.75, 3.05) is 0 Å². The molecule has 0 radical (unpaired) electrons. The van der Waals surface area contributed by atoms with Crippen molar-refractivity contribution in [3.8, 4) is 17.1 Å². The van der Waals surface area contributed by atoms with Crippen molar-refractivity contribution >= 4 is 22.7 Å². The Morgan fingerprint density at radius 3 is 2.04 bits per heavy atom. The van der Waals surface area contributed by atoms with Gasteiger partial charge in [-0.25, -0.2) is 4.79 Å². The van der Waals surface area contributed by atoms with Gasteiger partial charge in [-0.05, 0) is 12.1 Å². The standard InChI is InChI=1S/C22H14O5/c23-15-11-12-16-18(17(15)22(25)26)19(20(24)13-7-3-1-4-8-13)21(27-16)14-9-5-2-6-10-14/h1-12,23H,(H,25,26). The van der Waals surface area contributed by atoms with E-state index in [-0.39, 0.29) is 33.6 Å². The van der Waals surface area contributed by atoms with Crippen LogP contribution in [0.15, 0.2) is 77.2 Å². The van der Waals surface area contributed by atoms with Crippen LogP contribution in [0.3, 0.4) is 0 Å². The largest absolute Gasteiger partial charge is 0.507 e. The zero-order valence-corrected chi connectivity index (χ0v) is 14.0. The molecule has 0 atom stereocenters. The number of phenols is 1. The number of carboxylic acids is 1. The Morgan fingerprint density at radius 1 is 0.778 bits per heavy atom. The number of furan rings is 1. The van der Waals surface area contributed by atoms with Crippen molar-refractivity contribution in [3.63, 3.8) is 0 Å². The van der Waals surface area contributed by atoms with Crippen LogP contribution in [0.5, 0.6) is 5.75 Å². The number of fused-ring (bicyclic) bond motifs is 1. The van der Waals surface area contributed by atoms with Gasteiger partial charge in [0.05, 0.1) is 10.9 Å². The molecule has 0 amide bonds. The first-order chi connectivity index (χ1) is 13.1. The maximum atomic E-state index is 13.3. The molecule has 0 aliphatic carbocycles. The van der Waals surface area contributed by atoms with E-state index in [9.17, 15) is 19.8 Å². The average Bonchev–Trinajstić information content (AvgIpc) is 3.07. The number of ketones is 1. The molecular formula is C22H14O5. The van der Waals surface area contributed by atoms with E-state index in [0.29, 0.717) is 11.1 Å². The van der Waals surface area contributed by atoms with Crippen molar-refractivity contribution in [3.05, 3.63) is 89.5 Å². The van der Waals surface area contributed by atoms with E-state index >= 15 is 0 Å². The van der Waals surface area contributed by atoms with E-state index in [1.165, 1.54) is 12.1 Å². The van der Waals surface area contributed by atoms with Crippen molar-refractivity contribution < 1.29 is 24.2 Å². The molecule has 4 aromatic rings. The molecule has 5 nitrogen and oxygen atoms in total. The first kappa shape index (κ1) is 16.6. The molecule has 132 valence electrons. The van der Waals surface area contributed by atoms with Crippen molar-refractivity contribution in [1.82, 2.24) is 0 Å². The Balaban J connectivity index is 2.11. The number of hydrogen-bond acceptors (Lipinski definition) is 4. The van der Waals surface area contributed by atoms with E-state index < -0.39 is 11.7 Å². The highest BCUT2D eigenvalue weighted by Gasteiger charge is 2.28. The second-order valence-corrected chi connectivity index (χ2v) is 6.01. The third-order valence-corrected chi connectivity index (χ3v) is 4.35. The van der Waals surface area contributed by atoms with Gasteiger partial charge in [0, 0.05) is 11.1 Å². The van der Waals surface area contributed by atoms with Crippen LogP contribution in [0.4, 0.5) is 0 Å². The molecule has 3 aromatic carbocycles. The zero-order chi connectivity index (χ0) is 19.0. The topological polar surface area (TPSA) is 87.7 Å². The van der Waals surface area contributed by atoms with Crippen molar-refractivity contribution in [2.45, 2.75) is 0 Å². The quantitative estimate of drug-likeness (QED) is 0.515. The predicted octanol–water partition coefficient (Wildman–Crippen LogP) is 4.73. The Kier molecular flexibility index (Phi) is 3.97. The Labute approximate surface area is 154 Å². The minimum absolute atomic E-state index is 0.0928. The normalized spacial score (nSPS) is 10.8. The Hall–Kier alpha value is -3.86. The van der Waals surface area contributed by atoms with E-state index in [2.05, 4.69) is 0 Å². The summed E-state index contributed by atoms with van der Waals surface area (Å²) in [4.78, 5) is 25.0. The SMILES string of the molecule is O=C(O)c1c(O)ccc2oc(-c3ccccc3)c(C(=O)c3ccccc3)c12. The second-order valence-electron chi connectivity index (χ2n) is 6.01. The van der Waals surface area contributed by atoms with Crippen LogP contribution in [0.2, 0.25) is 0 Å². The number of benzene rings is 3.